The molecular formula is C22H25FN8O3. The fourth-order valence-corrected chi connectivity index (χ4v) is 3.95. The Hall–Kier alpha value is -3.83. The highest BCUT2D eigenvalue weighted by Gasteiger charge is 2.27. The van der Waals surface area contributed by atoms with Crippen LogP contribution in [0.2, 0.25) is 0 Å². The summed E-state index contributed by atoms with van der Waals surface area (Å²) in [5, 5.41) is 8.52. The third kappa shape index (κ3) is 3.99. The minimum atomic E-state index is -0.498. The van der Waals surface area contributed by atoms with E-state index < -0.39 is 5.82 Å². The highest BCUT2D eigenvalue weighted by molar-refractivity contribution is 5.92. The molecular weight excluding hydrogens is 443 g/mol. The van der Waals surface area contributed by atoms with Crippen LogP contribution >= 0.6 is 0 Å². The summed E-state index contributed by atoms with van der Waals surface area (Å²) in [7, 11) is 3.19. The molecule has 0 bridgehead atoms. The van der Waals surface area contributed by atoms with Gasteiger partial charge in [0, 0.05) is 51.2 Å². The number of halogens is 1. The monoisotopic (exact) mass is 468 g/mol. The Labute approximate surface area is 194 Å². The van der Waals surface area contributed by atoms with Crippen LogP contribution in [-0.2, 0) is 7.05 Å². The fraction of sp³-hybridized carbons (Fsp3) is 0.455. The van der Waals surface area contributed by atoms with Crippen molar-refractivity contribution in [3.8, 4) is 23.0 Å². The van der Waals surface area contributed by atoms with E-state index in [-0.39, 0.29) is 23.5 Å². The van der Waals surface area contributed by atoms with Gasteiger partial charge in [0.05, 0.1) is 12.7 Å². The normalized spacial score (nSPS) is 14.8. The lowest BCUT2D eigenvalue weighted by molar-refractivity contribution is 0.163. The van der Waals surface area contributed by atoms with E-state index in [0.29, 0.717) is 34.4 Å². The first-order chi connectivity index (χ1) is 16.4. The molecule has 0 unspecified atom stereocenters. The van der Waals surface area contributed by atoms with Gasteiger partial charge in [-0.25, -0.2) is 14.4 Å². The van der Waals surface area contributed by atoms with E-state index in [1.54, 1.807) is 11.7 Å². The molecule has 0 saturated carbocycles. The van der Waals surface area contributed by atoms with Crippen molar-refractivity contribution in [2.45, 2.75) is 38.7 Å². The Morgan fingerprint density at radius 3 is 2.65 bits per heavy atom. The quantitative estimate of drug-likeness (QED) is 0.418. The van der Waals surface area contributed by atoms with Crippen LogP contribution in [0.1, 0.15) is 38.4 Å². The Kier molecular flexibility index (Phi) is 5.72. The Bertz CT molecular complexity index is 1310. The van der Waals surface area contributed by atoms with Crippen LogP contribution in [0.4, 0.5) is 10.4 Å². The highest BCUT2D eigenvalue weighted by atomic mass is 19.1. The van der Waals surface area contributed by atoms with Crippen LogP contribution in [0, 0.1) is 5.82 Å². The summed E-state index contributed by atoms with van der Waals surface area (Å²) in [4.78, 5) is 19.3. The van der Waals surface area contributed by atoms with E-state index in [2.05, 4.69) is 35.1 Å². The molecule has 0 aromatic carbocycles. The second kappa shape index (κ2) is 8.84. The zero-order valence-corrected chi connectivity index (χ0v) is 19.4. The molecule has 0 N–H and O–H groups in total. The number of hydrogen-bond acceptors (Lipinski definition) is 10. The van der Waals surface area contributed by atoms with Crippen molar-refractivity contribution in [1.82, 2.24) is 34.9 Å². The number of pyridine rings is 1. The molecule has 0 radical (unpaired) electrons. The lowest BCUT2D eigenvalue weighted by atomic mass is 10.1. The summed E-state index contributed by atoms with van der Waals surface area (Å²) in [5.41, 5.74) is 1.67. The van der Waals surface area contributed by atoms with Crippen LogP contribution in [0.3, 0.4) is 0 Å². The van der Waals surface area contributed by atoms with Gasteiger partial charge in [0.2, 0.25) is 11.8 Å². The maximum absolute atomic E-state index is 14.7. The number of ether oxygens (including phenoxy) is 2. The van der Waals surface area contributed by atoms with Crippen LogP contribution in [0.5, 0.6) is 11.8 Å². The van der Waals surface area contributed by atoms with Gasteiger partial charge < -0.3 is 18.9 Å². The number of nitrogens with zero attached hydrogens (tertiary/aromatic N) is 8. The van der Waals surface area contributed by atoms with Crippen molar-refractivity contribution in [3.05, 3.63) is 30.2 Å². The van der Waals surface area contributed by atoms with Crippen LogP contribution in [-0.4, -0.2) is 61.2 Å². The fourth-order valence-electron chi connectivity index (χ4n) is 3.95. The molecule has 178 valence electrons. The van der Waals surface area contributed by atoms with E-state index >= 15 is 0 Å². The van der Waals surface area contributed by atoms with Crippen LogP contribution in [0.15, 0.2) is 23.1 Å². The topological polar surface area (TPSA) is 117 Å². The number of rotatable bonds is 6. The molecule has 4 aromatic heterocycles. The molecule has 0 amide bonds. The van der Waals surface area contributed by atoms with E-state index in [0.717, 1.165) is 25.9 Å². The number of aromatic nitrogens is 7. The van der Waals surface area contributed by atoms with Crippen molar-refractivity contribution >= 4 is 17.0 Å². The summed E-state index contributed by atoms with van der Waals surface area (Å²) >= 11 is 0. The Morgan fingerprint density at radius 1 is 1.18 bits per heavy atom. The summed E-state index contributed by atoms with van der Waals surface area (Å²) in [6.07, 6.45) is 4.24. The predicted molar refractivity (Wildman–Crippen MR) is 120 cm³/mol. The maximum Gasteiger partial charge on any atom is 0.324 e. The summed E-state index contributed by atoms with van der Waals surface area (Å²) in [6, 6.07) is 1.76. The van der Waals surface area contributed by atoms with Gasteiger partial charge in [-0.15, -0.1) is 0 Å². The molecule has 5 rings (SSSR count). The van der Waals surface area contributed by atoms with Gasteiger partial charge in [-0.2, -0.15) is 15.1 Å². The SMILES string of the molecule is COc1cc(F)c(-c2nn(C)c3c(OC4CCN(c5nc(C(C)C)no5)CC4)ncnc23)cn1. The van der Waals surface area contributed by atoms with Crippen LogP contribution < -0.4 is 14.4 Å². The zero-order chi connectivity index (χ0) is 23.8. The molecule has 1 aliphatic heterocycles. The minimum absolute atomic E-state index is 0.0559. The number of piperidine rings is 1. The summed E-state index contributed by atoms with van der Waals surface area (Å²) in [6.45, 7) is 5.50. The van der Waals surface area contributed by atoms with Gasteiger partial charge in [0.25, 0.3) is 0 Å². The molecule has 0 atom stereocenters. The first-order valence-electron chi connectivity index (χ1n) is 11.1. The van der Waals surface area contributed by atoms with Gasteiger partial charge >= 0.3 is 6.01 Å². The summed E-state index contributed by atoms with van der Waals surface area (Å²) < 4.78 is 32.9. The number of anilines is 1. The largest absolute Gasteiger partial charge is 0.481 e. The number of fused-ring (bicyclic) bond motifs is 1. The maximum atomic E-state index is 14.7. The molecule has 0 spiro atoms. The molecule has 5 heterocycles. The third-order valence-corrected chi connectivity index (χ3v) is 5.82. The molecule has 1 aliphatic rings. The summed E-state index contributed by atoms with van der Waals surface area (Å²) in [5.74, 6) is 1.01. The molecule has 34 heavy (non-hydrogen) atoms. The van der Waals surface area contributed by atoms with Crippen LogP contribution in [0.25, 0.3) is 22.3 Å². The van der Waals surface area contributed by atoms with E-state index in [1.807, 2.05) is 13.8 Å². The standard InChI is InChI=1S/C22H25FN8O3/c1-12(2)20-27-22(34-29-20)31-7-5-13(6-8-31)33-21-19-18(25-11-26-21)17(28-30(19)3)14-10-24-16(32-4)9-15(14)23/h9-13H,5-8H2,1-4H3. The first-order valence-corrected chi connectivity index (χ1v) is 11.1. The molecule has 0 aliphatic carbocycles. The van der Waals surface area contributed by atoms with Crippen molar-refractivity contribution in [3.63, 3.8) is 0 Å². The second-order valence-electron chi connectivity index (χ2n) is 8.45. The number of aryl methyl sites for hydroxylation is 1. The lowest BCUT2D eigenvalue weighted by Gasteiger charge is -2.30. The molecule has 11 nitrogen and oxygen atoms in total. The molecule has 12 heteroatoms. The van der Waals surface area contributed by atoms with Crippen molar-refractivity contribution in [1.29, 1.82) is 0 Å². The average Bonchev–Trinajstić information content (AvgIpc) is 3.46. The molecule has 1 fully saturated rings. The van der Waals surface area contributed by atoms with Crippen molar-refractivity contribution in [2.24, 2.45) is 7.05 Å². The number of methoxy groups -OCH3 is 1. The number of hydrogen-bond donors (Lipinski definition) is 0. The van der Waals surface area contributed by atoms with Crippen molar-refractivity contribution in [2.75, 3.05) is 25.1 Å². The Balaban J connectivity index is 1.35. The van der Waals surface area contributed by atoms with Gasteiger partial charge in [-0.3, -0.25) is 4.68 Å². The zero-order valence-electron chi connectivity index (χ0n) is 19.4. The molecule has 1 saturated heterocycles. The third-order valence-electron chi connectivity index (χ3n) is 5.82. The van der Waals surface area contributed by atoms with E-state index in [9.17, 15) is 4.39 Å². The molecule has 4 aromatic rings. The van der Waals surface area contributed by atoms with Gasteiger partial charge in [0.1, 0.15) is 35.0 Å². The van der Waals surface area contributed by atoms with Gasteiger partial charge in [-0.1, -0.05) is 19.0 Å². The Morgan fingerprint density at radius 2 is 1.97 bits per heavy atom. The van der Waals surface area contributed by atoms with Gasteiger partial charge in [-0.05, 0) is 0 Å². The second-order valence-corrected chi connectivity index (χ2v) is 8.45. The van der Waals surface area contributed by atoms with Crippen molar-refractivity contribution < 1.29 is 18.4 Å². The average molecular weight is 468 g/mol. The predicted octanol–water partition coefficient (Wildman–Crippen LogP) is 3.13. The van der Waals surface area contributed by atoms with Gasteiger partial charge in [0.15, 0.2) is 5.82 Å². The first kappa shape index (κ1) is 22.0. The lowest BCUT2D eigenvalue weighted by Crippen LogP contribution is -2.38. The van der Waals surface area contributed by atoms with E-state index in [4.69, 9.17) is 14.0 Å². The minimum Gasteiger partial charge on any atom is -0.481 e. The highest BCUT2D eigenvalue weighted by Crippen LogP contribution is 2.33. The smallest absolute Gasteiger partial charge is 0.324 e. The van der Waals surface area contributed by atoms with E-state index in [1.165, 1.54) is 25.7 Å².